The molecular weight excluding hydrogens is 358 g/mol. The highest BCUT2D eigenvalue weighted by Gasteiger charge is 2.62. The van der Waals surface area contributed by atoms with E-state index in [1.165, 1.54) is 35.9 Å². The summed E-state index contributed by atoms with van der Waals surface area (Å²) in [4.78, 5) is 13.4. The van der Waals surface area contributed by atoms with Crippen LogP contribution in [0.1, 0.15) is 70.6 Å². The van der Waals surface area contributed by atoms with E-state index in [0.29, 0.717) is 16.7 Å². The van der Waals surface area contributed by atoms with Gasteiger partial charge in [0.2, 0.25) is 5.91 Å². The van der Waals surface area contributed by atoms with Crippen molar-refractivity contribution in [1.29, 1.82) is 0 Å². The first kappa shape index (κ1) is 18.9. The molecule has 4 saturated carbocycles. The Balaban J connectivity index is 1.40. The predicted octanol–water partition coefficient (Wildman–Crippen LogP) is 5.42. The fourth-order valence-corrected chi connectivity index (χ4v) is 8.00. The Hall–Kier alpha value is -2.10. The number of hydrogen-bond donors (Lipinski definition) is 1. The summed E-state index contributed by atoms with van der Waals surface area (Å²) in [5.41, 5.74) is 6.94. The number of para-hydroxylation sites is 1. The van der Waals surface area contributed by atoms with Gasteiger partial charge in [-0.05, 0) is 75.2 Å². The van der Waals surface area contributed by atoms with Crippen LogP contribution in [-0.2, 0) is 11.3 Å². The van der Waals surface area contributed by atoms with Crippen LogP contribution in [0, 0.1) is 29.1 Å². The number of benzene rings is 1. The minimum Gasteiger partial charge on any atom is -0.344 e. The Kier molecular flexibility index (Phi) is 4.04. The summed E-state index contributed by atoms with van der Waals surface area (Å²) in [5.74, 6) is 0.855. The molecule has 0 spiro atoms. The molecule has 4 heteroatoms. The zero-order valence-corrected chi connectivity index (χ0v) is 18.2. The molecule has 4 fully saturated rings. The van der Waals surface area contributed by atoms with Gasteiger partial charge in [0.25, 0.3) is 0 Å². The standard InChI is InChI=1S/C25H33N3O/c1-5-28-17(2)20(19-8-6-7-9-21(19)28)13-26-27-22(29)25-12-18-10-23(3,15-25)14-24(4,11-18)16-25/h6-9,13,18H,5,10-12,14-16H2,1-4H3,(H,27,29)/b26-13+. The predicted molar refractivity (Wildman–Crippen MR) is 118 cm³/mol. The van der Waals surface area contributed by atoms with Crippen LogP contribution in [0.5, 0.6) is 0 Å². The van der Waals surface area contributed by atoms with Crippen molar-refractivity contribution in [2.75, 3.05) is 0 Å². The number of rotatable bonds is 4. The maximum atomic E-state index is 13.4. The lowest BCUT2D eigenvalue weighted by molar-refractivity contribution is -0.170. The molecule has 154 valence electrons. The van der Waals surface area contributed by atoms with E-state index in [0.717, 1.165) is 31.4 Å². The topological polar surface area (TPSA) is 46.4 Å². The smallest absolute Gasteiger partial charge is 0.246 e. The van der Waals surface area contributed by atoms with E-state index < -0.39 is 0 Å². The molecule has 4 aliphatic carbocycles. The second-order valence-corrected chi connectivity index (χ2v) is 10.9. The van der Waals surface area contributed by atoms with E-state index in [2.05, 4.69) is 67.1 Å². The van der Waals surface area contributed by atoms with Crippen LogP contribution < -0.4 is 5.43 Å². The molecule has 2 atom stereocenters. The number of hydrazone groups is 1. The molecule has 0 aliphatic heterocycles. The normalized spacial score (nSPS) is 35.7. The molecule has 4 bridgehead atoms. The molecule has 0 saturated heterocycles. The van der Waals surface area contributed by atoms with Gasteiger partial charge in [-0.15, -0.1) is 0 Å². The zero-order chi connectivity index (χ0) is 20.4. The fourth-order valence-electron chi connectivity index (χ4n) is 8.00. The highest BCUT2D eigenvalue weighted by Crippen LogP contribution is 2.69. The highest BCUT2D eigenvalue weighted by atomic mass is 16.2. The van der Waals surface area contributed by atoms with Crippen molar-refractivity contribution in [2.24, 2.45) is 27.3 Å². The molecule has 4 nitrogen and oxygen atoms in total. The maximum Gasteiger partial charge on any atom is 0.246 e. The van der Waals surface area contributed by atoms with Gasteiger partial charge < -0.3 is 4.57 Å². The van der Waals surface area contributed by atoms with E-state index >= 15 is 0 Å². The molecule has 4 aliphatic rings. The van der Waals surface area contributed by atoms with E-state index in [1.54, 1.807) is 0 Å². The second-order valence-electron chi connectivity index (χ2n) is 10.9. The Morgan fingerprint density at radius 2 is 1.86 bits per heavy atom. The van der Waals surface area contributed by atoms with Crippen LogP contribution in [0.25, 0.3) is 10.9 Å². The summed E-state index contributed by atoms with van der Waals surface area (Å²) in [5, 5.41) is 5.66. The van der Waals surface area contributed by atoms with Crippen LogP contribution in [0.15, 0.2) is 29.4 Å². The van der Waals surface area contributed by atoms with Crippen LogP contribution in [0.3, 0.4) is 0 Å². The molecule has 2 aromatic rings. The lowest BCUT2D eigenvalue weighted by Gasteiger charge is -2.64. The lowest BCUT2D eigenvalue weighted by Crippen LogP contribution is -2.59. The van der Waals surface area contributed by atoms with Crippen molar-refractivity contribution in [3.8, 4) is 0 Å². The van der Waals surface area contributed by atoms with Gasteiger partial charge in [0.15, 0.2) is 0 Å². The molecule has 1 heterocycles. The van der Waals surface area contributed by atoms with Crippen molar-refractivity contribution in [3.05, 3.63) is 35.5 Å². The average Bonchev–Trinajstić information content (AvgIpc) is 2.90. The van der Waals surface area contributed by atoms with E-state index in [1.807, 2.05) is 6.21 Å². The maximum absolute atomic E-state index is 13.4. The van der Waals surface area contributed by atoms with Gasteiger partial charge in [-0.1, -0.05) is 32.0 Å². The minimum absolute atomic E-state index is 0.146. The summed E-state index contributed by atoms with van der Waals surface area (Å²) in [6, 6.07) is 8.43. The molecule has 1 aromatic carbocycles. The Bertz CT molecular complexity index is 998. The number of nitrogens with one attached hydrogen (secondary N) is 1. The van der Waals surface area contributed by atoms with Crippen LogP contribution >= 0.6 is 0 Å². The van der Waals surface area contributed by atoms with Gasteiger partial charge in [-0.2, -0.15) is 5.10 Å². The third-order valence-corrected chi connectivity index (χ3v) is 8.06. The molecule has 0 radical (unpaired) electrons. The van der Waals surface area contributed by atoms with Crippen LogP contribution in [0.2, 0.25) is 0 Å². The van der Waals surface area contributed by atoms with Crippen LogP contribution in [-0.4, -0.2) is 16.7 Å². The van der Waals surface area contributed by atoms with Gasteiger partial charge in [0.1, 0.15) is 0 Å². The number of fused-ring (bicyclic) bond motifs is 1. The van der Waals surface area contributed by atoms with Gasteiger partial charge in [0.05, 0.1) is 11.6 Å². The number of carbonyl (C=O) groups excluding carboxylic acids is 1. The fraction of sp³-hybridized carbons (Fsp3) is 0.600. The van der Waals surface area contributed by atoms with Crippen molar-refractivity contribution in [1.82, 2.24) is 9.99 Å². The number of aryl methyl sites for hydroxylation is 1. The quantitative estimate of drug-likeness (QED) is 0.549. The minimum atomic E-state index is -0.216. The average molecular weight is 392 g/mol. The largest absolute Gasteiger partial charge is 0.344 e. The van der Waals surface area contributed by atoms with Crippen molar-refractivity contribution in [3.63, 3.8) is 0 Å². The first-order chi connectivity index (χ1) is 13.8. The van der Waals surface area contributed by atoms with E-state index in [4.69, 9.17) is 0 Å². The number of hydrogen-bond acceptors (Lipinski definition) is 2. The van der Waals surface area contributed by atoms with E-state index in [9.17, 15) is 4.79 Å². The van der Waals surface area contributed by atoms with Crippen molar-refractivity contribution in [2.45, 2.75) is 72.8 Å². The van der Waals surface area contributed by atoms with Crippen molar-refractivity contribution >= 4 is 23.0 Å². The number of nitrogens with zero attached hydrogens (tertiary/aromatic N) is 2. The molecular formula is C25H33N3O. The molecule has 1 N–H and O–H groups in total. The van der Waals surface area contributed by atoms with Gasteiger partial charge in [0, 0.05) is 28.7 Å². The molecule has 29 heavy (non-hydrogen) atoms. The molecule has 1 aromatic heterocycles. The third-order valence-electron chi connectivity index (χ3n) is 8.06. The molecule has 1 amide bonds. The number of aromatic nitrogens is 1. The van der Waals surface area contributed by atoms with Gasteiger partial charge >= 0.3 is 0 Å². The first-order valence-electron chi connectivity index (χ1n) is 11.2. The highest BCUT2D eigenvalue weighted by molar-refractivity contribution is 6.01. The molecule has 2 unspecified atom stereocenters. The lowest BCUT2D eigenvalue weighted by atomic mass is 9.40. The summed E-state index contributed by atoms with van der Waals surface area (Å²) in [6.45, 7) is 10.0. The summed E-state index contributed by atoms with van der Waals surface area (Å²) in [6.07, 6.45) is 8.85. The van der Waals surface area contributed by atoms with Gasteiger partial charge in [-0.25, -0.2) is 5.43 Å². The summed E-state index contributed by atoms with van der Waals surface area (Å²) < 4.78 is 2.30. The van der Waals surface area contributed by atoms with Crippen LogP contribution in [0.4, 0.5) is 0 Å². The van der Waals surface area contributed by atoms with Gasteiger partial charge in [-0.3, -0.25) is 4.79 Å². The Labute approximate surface area is 173 Å². The summed E-state index contributed by atoms with van der Waals surface area (Å²) >= 11 is 0. The zero-order valence-electron chi connectivity index (χ0n) is 18.2. The van der Waals surface area contributed by atoms with Crippen molar-refractivity contribution < 1.29 is 4.79 Å². The van der Waals surface area contributed by atoms with E-state index in [-0.39, 0.29) is 11.3 Å². The Morgan fingerprint density at radius 3 is 2.52 bits per heavy atom. The number of amides is 1. The first-order valence-corrected chi connectivity index (χ1v) is 11.2. The number of carbonyl (C=O) groups is 1. The summed E-state index contributed by atoms with van der Waals surface area (Å²) in [7, 11) is 0. The monoisotopic (exact) mass is 391 g/mol. The Morgan fingerprint density at radius 1 is 1.17 bits per heavy atom. The SMILES string of the molecule is CCn1c(C)c(/C=N/NC(=O)C23CC4CC(C)(CC(C)(C4)C2)C3)c2ccccc21. The third kappa shape index (κ3) is 2.86. The molecule has 6 rings (SSSR count). The second kappa shape index (κ2) is 6.20.